The van der Waals surface area contributed by atoms with Crippen molar-refractivity contribution < 1.29 is 14.3 Å². The number of hydrogen-bond acceptors (Lipinski definition) is 4. The lowest BCUT2D eigenvalue weighted by Gasteiger charge is -2.22. The van der Waals surface area contributed by atoms with E-state index in [-0.39, 0.29) is 17.7 Å². The maximum atomic E-state index is 12.6. The molecule has 2 N–H and O–H groups in total. The van der Waals surface area contributed by atoms with Crippen LogP contribution < -0.4 is 15.5 Å². The first kappa shape index (κ1) is 21.2. The fourth-order valence-corrected chi connectivity index (χ4v) is 2.56. The van der Waals surface area contributed by atoms with Crippen LogP contribution in [-0.2, 0) is 4.79 Å². The van der Waals surface area contributed by atoms with Gasteiger partial charge in [-0.15, -0.1) is 0 Å². The largest absolute Gasteiger partial charge is 0.497 e. The van der Waals surface area contributed by atoms with Gasteiger partial charge in [-0.25, -0.2) is 5.43 Å². The van der Waals surface area contributed by atoms with Crippen LogP contribution >= 0.6 is 0 Å². The van der Waals surface area contributed by atoms with Crippen molar-refractivity contribution in [1.29, 1.82) is 0 Å². The highest BCUT2D eigenvalue weighted by atomic mass is 16.5. The fourth-order valence-electron chi connectivity index (χ4n) is 2.56. The quantitative estimate of drug-likeness (QED) is 0.544. The highest BCUT2D eigenvalue weighted by Crippen LogP contribution is 2.13. The molecule has 0 aliphatic heterocycles. The summed E-state index contributed by atoms with van der Waals surface area (Å²) < 4.78 is 5.10. The van der Waals surface area contributed by atoms with Gasteiger partial charge < -0.3 is 10.1 Å². The molecular formula is C22H27N3O3. The highest BCUT2D eigenvalue weighted by Gasteiger charge is 2.26. The SMILES string of the molecule is CCC(C)[C@H](NC(=O)c1ccc(OC)cc1)C(=O)N/N=C/c1ccc(C)cc1. The number of methoxy groups -OCH3 is 1. The third kappa shape index (κ3) is 5.94. The lowest BCUT2D eigenvalue weighted by Crippen LogP contribution is -2.49. The Morgan fingerprint density at radius 3 is 2.32 bits per heavy atom. The van der Waals surface area contributed by atoms with Crippen molar-refractivity contribution in [2.24, 2.45) is 11.0 Å². The lowest BCUT2D eigenvalue weighted by atomic mass is 9.98. The first-order valence-electron chi connectivity index (χ1n) is 9.29. The second-order valence-corrected chi connectivity index (χ2v) is 6.71. The molecule has 1 unspecified atom stereocenters. The summed E-state index contributed by atoms with van der Waals surface area (Å²) in [6.07, 6.45) is 2.32. The van der Waals surface area contributed by atoms with Crippen LogP contribution in [0.2, 0.25) is 0 Å². The summed E-state index contributed by atoms with van der Waals surface area (Å²) in [5.41, 5.74) is 5.03. The molecule has 0 saturated heterocycles. The van der Waals surface area contributed by atoms with E-state index in [1.54, 1.807) is 37.6 Å². The van der Waals surface area contributed by atoms with E-state index in [9.17, 15) is 9.59 Å². The highest BCUT2D eigenvalue weighted by molar-refractivity contribution is 5.97. The first-order chi connectivity index (χ1) is 13.4. The predicted octanol–water partition coefficient (Wildman–Crippen LogP) is 3.30. The van der Waals surface area contributed by atoms with Crippen LogP contribution in [0.3, 0.4) is 0 Å². The zero-order chi connectivity index (χ0) is 20.5. The third-order valence-electron chi connectivity index (χ3n) is 4.60. The van der Waals surface area contributed by atoms with Gasteiger partial charge in [0.2, 0.25) is 0 Å². The third-order valence-corrected chi connectivity index (χ3v) is 4.60. The van der Waals surface area contributed by atoms with Gasteiger partial charge in [0.25, 0.3) is 11.8 Å². The van der Waals surface area contributed by atoms with Gasteiger partial charge in [0.05, 0.1) is 13.3 Å². The molecule has 148 valence electrons. The van der Waals surface area contributed by atoms with E-state index in [1.165, 1.54) is 0 Å². The molecule has 0 aliphatic carbocycles. The Morgan fingerprint density at radius 2 is 1.75 bits per heavy atom. The Labute approximate surface area is 166 Å². The van der Waals surface area contributed by atoms with Crippen LogP contribution in [0, 0.1) is 12.8 Å². The average molecular weight is 381 g/mol. The van der Waals surface area contributed by atoms with Gasteiger partial charge in [0.1, 0.15) is 11.8 Å². The number of carbonyl (C=O) groups is 2. The molecule has 0 fully saturated rings. The van der Waals surface area contributed by atoms with E-state index in [0.717, 1.165) is 17.5 Å². The van der Waals surface area contributed by atoms with Crippen molar-refractivity contribution in [3.8, 4) is 5.75 Å². The second-order valence-electron chi connectivity index (χ2n) is 6.71. The molecule has 0 aliphatic rings. The zero-order valence-corrected chi connectivity index (χ0v) is 16.7. The van der Waals surface area contributed by atoms with Crippen LogP contribution in [-0.4, -0.2) is 31.2 Å². The number of rotatable bonds is 8. The topological polar surface area (TPSA) is 79.8 Å². The van der Waals surface area contributed by atoms with Crippen molar-refractivity contribution in [3.63, 3.8) is 0 Å². The number of nitrogens with one attached hydrogen (secondary N) is 2. The Balaban J connectivity index is 2.03. The van der Waals surface area contributed by atoms with Crippen molar-refractivity contribution in [1.82, 2.24) is 10.7 Å². The summed E-state index contributed by atoms with van der Waals surface area (Å²) in [5.74, 6) is -0.0415. The van der Waals surface area contributed by atoms with Gasteiger partial charge in [0.15, 0.2) is 0 Å². The minimum Gasteiger partial charge on any atom is -0.497 e. The van der Waals surface area contributed by atoms with E-state index in [1.807, 2.05) is 45.0 Å². The monoisotopic (exact) mass is 381 g/mol. The molecule has 6 heteroatoms. The number of ether oxygens (including phenoxy) is 1. The van der Waals surface area contributed by atoms with Gasteiger partial charge in [0, 0.05) is 5.56 Å². The number of hydrogen-bond donors (Lipinski definition) is 2. The van der Waals surface area contributed by atoms with Crippen LogP contribution in [0.5, 0.6) is 5.75 Å². The second kappa shape index (κ2) is 10.3. The molecule has 28 heavy (non-hydrogen) atoms. The molecule has 0 radical (unpaired) electrons. The summed E-state index contributed by atoms with van der Waals surface area (Å²) in [6, 6.07) is 13.8. The van der Waals surface area contributed by atoms with E-state index < -0.39 is 6.04 Å². The molecule has 2 aromatic rings. The molecule has 0 heterocycles. The van der Waals surface area contributed by atoms with E-state index >= 15 is 0 Å². The number of amides is 2. The van der Waals surface area contributed by atoms with Gasteiger partial charge in [-0.1, -0.05) is 50.1 Å². The molecule has 0 aromatic heterocycles. The summed E-state index contributed by atoms with van der Waals surface area (Å²) in [7, 11) is 1.56. The number of aryl methyl sites for hydroxylation is 1. The van der Waals surface area contributed by atoms with Crippen molar-refractivity contribution in [2.45, 2.75) is 33.2 Å². The standard InChI is InChI=1S/C22H27N3O3/c1-5-16(3)20(24-21(26)18-10-12-19(28-4)13-11-18)22(27)25-23-14-17-8-6-15(2)7-9-17/h6-14,16,20H,5H2,1-4H3,(H,24,26)(H,25,27)/b23-14+/t16?,20-/m0/s1. The summed E-state index contributed by atoms with van der Waals surface area (Å²) in [5, 5.41) is 6.83. The number of benzene rings is 2. The number of nitrogens with zero attached hydrogens (tertiary/aromatic N) is 1. The van der Waals surface area contributed by atoms with Gasteiger partial charge in [-0.3, -0.25) is 9.59 Å². The molecule has 2 amide bonds. The summed E-state index contributed by atoms with van der Waals surface area (Å²) >= 11 is 0. The Kier molecular flexibility index (Phi) is 7.75. The van der Waals surface area contributed by atoms with Crippen molar-refractivity contribution in [2.75, 3.05) is 7.11 Å². The normalized spacial score (nSPS) is 13.0. The van der Waals surface area contributed by atoms with Crippen molar-refractivity contribution >= 4 is 18.0 Å². The molecule has 0 bridgehead atoms. The average Bonchev–Trinajstić information content (AvgIpc) is 2.72. The Bertz CT molecular complexity index is 814. The van der Waals surface area contributed by atoms with E-state index in [4.69, 9.17) is 4.74 Å². The van der Waals surface area contributed by atoms with Crippen LogP contribution in [0.1, 0.15) is 41.8 Å². The molecular weight excluding hydrogens is 354 g/mol. The lowest BCUT2D eigenvalue weighted by molar-refractivity contribution is -0.124. The van der Waals surface area contributed by atoms with Crippen LogP contribution in [0.4, 0.5) is 0 Å². The smallest absolute Gasteiger partial charge is 0.262 e. The number of carbonyl (C=O) groups excluding carboxylic acids is 2. The maximum Gasteiger partial charge on any atom is 0.262 e. The van der Waals surface area contributed by atoms with Gasteiger partial charge in [-0.05, 0) is 42.7 Å². The first-order valence-corrected chi connectivity index (χ1v) is 9.29. The molecule has 6 nitrogen and oxygen atoms in total. The minimum absolute atomic E-state index is 0.0447. The molecule has 2 rings (SSSR count). The van der Waals surface area contributed by atoms with Gasteiger partial charge >= 0.3 is 0 Å². The Morgan fingerprint density at radius 1 is 1.11 bits per heavy atom. The number of hydrazone groups is 1. The molecule has 2 aromatic carbocycles. The van der Waals surface area contributed by atoms with Crippen LogP contribution in [0.25, 0.3) is 0 Å². The fraction of sp³-hybridized carbons (Fsp3) is 0.318. The van der Waals surface area contributed by atoms with Gasteiger partial charge in [-0.2, -0.15) is 5.10 Å². The molecule has 0 saturated carbocycles. The maximum absolute atomic E-state index is 12.6. The summed E-state index contributed by atoms with van der Waals surface area (Å²) in [6.45, 7) is 5.90. The zero-order valence-electron chi connectivity index (χ0n) is 16.7. The van der Waals surface area contributed by atoms with E-state index in [0.29, 0.717) is 11.3 Å². The summed E-state index contributed by atoms with van der Waals surface area (Å²) in [4.78, 5) is 25.1. The molecule has 0 spiro atoms. The molecule has 2 atom stereocenters. The predicted molar refractivity (Wildman–Crippen MR) is 111 cm³/mol. The van der Waals surface area contributed by atoms with E-state index in [2.05, 4.69) is 15.8 Å². The minimum atomic E-state index is -0.685. The Hall–Kier alpha value is -3.15. The van der Waals surface area contributed by atoms with Crippen LogP contribution in [0.15, 0.2) is 53.6 Å². The van der Waals surface area contributed by atoms with Crippen molar-refractivity contribution in [3.05, 3.63) is 65.2 Å².